The number of carbonyl (C=O) groups is 1. The van der Waals surface area contributed by atoms with Crippen LogP contribution >= 0.6 is 0 Å². The Bertz CT molecular complexity index is 141. The molecule has 0 aliphatic heterocycles. The zero-order valence-electron chi connectivity index (χ0n) is 6.60. The molecule has 0 rings (SSSR count). The molecule has 0 spiro atoms. The van der Waals surface area contributed by atoms with Crippen molar-refractivity contribution in [2.24, 2.45) is 0 Å². The fourth-order valence-corrected chi connectivity index (χ4v) is 0.520. The molecule has 10 heavy (non-hydrogen) atoms. The highest BCUT2D eigenvalue weighted by atomic mass is 16.5. The molecule has 0 aromatic heterocycles. The van der Waals surface area contributed by atoms with Gasteiger partial charge in [-0.1, -0.05) is 0 Å². The van der Waals surface area contributed by atoms with Crippen LogP contribution < -0.4 is 5.32 Å². The largest absolute Gasteiger partial charge is 0.463 e. The van der Waals surface area contributed by atoms with Crippen molar-refractivity contribution >= 4 is 5.97 Å². The molecule has 0 aromatic rings. The van der Waals surface area contributed by atoms with Gasteiger partial charge in [0, 0.05) is 18.8 Å². The van der Waals surface area contributed by atoms with Gasteiger partial charge in [-0.05, 0) is 13.8 Å². The highest BCUT2D eigenvalue weighted by Gasteiger charge is 2.01. The molecule has 0 aliphatic carbocycles. The Kier molecular flexibility index (Phi) is 4.37. The Morgan fingerprint density at radius 1 is 1.70 bits per heavy atom. The molecule has 3 heteroatoms. The van der Waals surface area contributed by atoms with E-state index in [2.05, 4.69) is 5.32 Å². The van der Waals surface area contributed by atoms with Gasteiger partial charge in [0.15, 0.2) is 0 Å². The molecular weight excluding hydrogens is 130 g/mol. The first kappa shape index (κ1) is 9.01. The summed E-state index contributed by atoms with van der Waals surface area (Å²) >= 11 is 0. The molecule has 0 saturated heterocycles. The lowest BCUT2D eigenvalue weighted by atomic mass is 10.3. The lowest BCUT2D eigenvalue weighted by Gasteiger charge is -1.99. The van der Waals surface area contributed by atoms with Gasteiger partial charge in [-0.15, -0.1) is 0 Å². The summed E-state index contributed by atoms with van der Waals surface area (Å²) in [7, 11) is 1.74. The van der Waals surface area contributed by atoms with E-state index in [0.29, 0.717) is 12.2 Å². The lowest BCUT2D eigenvalue weighted by molar-refractivity contribution is -0.138. The first-order valence-corrected chi connectivity index (χ1v) is 3.23. The minimum atomic E-state index is -0.267. The monoisotopic (exact) mass is 143 g/mol. The molecular formula is C7H13NO2. The third kappa shape index (κ3) is 3.12. The molecule has 0 bridgehead atoms. The van der Waals surface area contributed by atoms with Gasteiger partial charge in [0.2, 0.25) is 0 Å². The van der Waals surface area contributed by atoms with Gasteiger partial charge in [-0.2, -0.15) is 0 Å². The second-order valence-corrected chi connectivity index (χ2v) is 1.84. The first-order valence-electron chi connectivity index (χ1n) is 3.23. The summed E-state index contributed by atoms with van der Waals surface area (Å²) in [5, 5.41) is 2.74. The zero-order chi connectivity index (χ0) is 7.98. The van der Waals surface area contributed by atoms with Crippen molar-refractivity contribution < 1.29 is 9.53 Å². The maximum atomic E-state index is 10.8. The van der Waals surface area contributed by atoms with E-state index in [9.17, 15) is 4.79 Å². The molecule has 0 aliphatic rings. The minimum Gasteiger partial charge on any atom is -0.463 e. The molecule has 58 valence electrons. The maximum absolute atomic E-state index is 10.8. The fourth-order valence-electron chi connectivity index (χ4n) is 0.520. The number of rotatable bonds is 3. The average molecular weight is 143 g/mol. The molecule has 0 saturated carbocycles. The van der Waals surface area contributed by atoms with Gasteiger partial charge >= 0.3 is 5.97 Å². The Morgan fingerprint density at radius 3 is 2.70 bits per heavy atom. The predicted molar refractivity (Wildman–Crippen MR) is 39.4 cm³/mol. The second kappa shape index (κ2) is 4.85. The standard InChI is InChI=1S/C7H13NO2/c1-4-10-7(9)6(2)5-8-3/h5,8H,4H2,1-3H3/b6-5+. The Morgan fingerprint density at radius 2 is 2.30 bits per heavy atom. The normalized spacial score (nSPS) is 10.9. The highest BCUT2D eigenvalue weighted by molar-refractivity contribution is 5.87. The van der Waals surface area contributed by atoms with E-state index in [4.69, 9.17) is 4.74 Å². The summed E-state index contributed by atoms with van der Waals surface area (Å²) in [6.45, 7) is 3.91. The number of esters is 1. The molecule has 0 unspecified atom stereocenters. The van der Waals surface area contributed by atoms with E-state index in [1.807, 2.05) is 0 Å². The number of hydrogen-bond donors (Lipinski definition) is 1. The van der Waals surface area contributed by atoms with Gasteiger partial charge in [-0.3, -0.25) is 0 Å². The van der Waals surface area contributed by atoms with Gasteiger partial charge in [0.25, 0.3) is 0 Å². The third-order valence-corrected chi connectivity index (χ3v) is 0.958. The Hall–Kier alpha value is -0.990. The SMILES string of the molecule is CCOC(=O)/C(C)=C/NC. The summed E-state index contributed by atoms with van der Waals surface area (Å²) in [5.41, 5.74) is 0.587. The zero-order valence-corrected chi connectivity index (χ0v) is 6.60. The summed E-state index contributed by atoms with van der Waals surface area (Å²) in [5.74, 6) is -0.267. The molecule has 0 amide bonds. The van der Waals surface area contributed by atoms with Crippen molar-refractivity contribution in [3.05, 3.63) is 11.8 Å². The smallest absolute Gasteiger partial charge is 0.335 e. The summed E-state index contributed by atoms with van der Waals surface area (Å²) in [4.78, 5) is 10.8. The Labute approximate surface area is 61.1 Å². The van der Waals surface area contributed by atoms with Crippen LogP contribution in [0.3, 0.4) is 0 Å². The van der Waals surface area contributed by atoms with Crippen LogP contribution in [-0.4, -0.2) is 19.6 Å². The Balaban J connectivity index is 3.82. The lowest BCUT2D eigenvalue weighted by Crippen LogP contribution is -2.08. The second-order valence-electron chi connectivity index (χ2n) is 1.84. The summed E-state index contributed by atoms with van der Waals surface area (Å²) < 4.78 is 4.71. The number of nitrogens with one attached hydrogen (secondary N) is 1. The predicted octanol–water partition coefficient (Wildman–Crippen LogP) is 0.673. The van der Waals surface area contributed by atoms with Crippen molar-refractivity contribution in [2.45, 2.75) is 13.8 Å². The van der Waals surface area contributed by atoms with Crippen LogP contribution in [0.5, 0.6) is 0 Å². The molecule has 0 heterocycles. The topological polar surface area (TPSA) is 38.3 Å². The molecule has 0 fully saturated rings. The molecule has 0 radical (unpaired) electrons. The van der Waals surface area contributed by atoms with Gasteiger partial charge < -0.3 is 10.1 Å². The average Bonchev–Trinajstić information content (AvgIpc) is 1.89. The van der Waals surface area contributed by atoms with E-state index >= 15 is 0 Å². The maximum Gasteiger partial charge on any atom is 0.335 e. The van der Waals surface area contributed by atoms with Crippen molar-refractivity contribution in [1.29, 1.82) is 0 Å². The van der Waals surface area contributed by atoms with E-state index in [1.54, 1.807) is 27.1 Å². The van der Waals surface area contributed by atoms with Crippen LogP contribution in [0.25, 0.3) is 0 Å². The number of carbonyl (C=O) groups excluding carboxylic acids is 1. The van der Waals surface area contributed by atoms with Gasteiger partial charge in [-0.25, -0.2) is 4.79 Å². The van der Waals surface area contributed by atoms with E-state index in [0.717, 1.165) is 0 Å². The van der Waals surface area contributed by atoms with E-state index < -0.39 is 0 Å². The first-order chi connectivity index (χ1) is 4.72. The van der Waals surface area contributed by atoms with Gasteiger partial charge in [0.05, 0.1) is 6.61 Å². The molecule has 1 N–H and O–H groups in total. The molecule has 0 aromatic carbocycles. The third-order valence-electron chi connectivity index (χ3n) is 0.958. The van der Waals surface area contributed by atoms with Gasteiger partial charge in [0.1, 0.15) is 0 Å². The number of hydrogen-bond acceptors (Lipinski definition) is 3. The van der Waals surface area contributed by atoms with Crippen molar-refractivity contribution in [2.75, 3.05) is 13.7 Å². The minimum absolute atomic E-state index is 0.267. The van der Waals surface area contributed by atoms with Crippen LogP contribution in [0.1, 0.15) is 13.8 Å². The van der Waals surface area contributed by atoms with Crippen LogP contribution in [0.15, 0.2) is 11.8 Å². The summed E-state index contributed by atoms with van der Waals surface area (Å²) in [6.07, 6.45) is 1.61. The summed E-state index contributed by atoms with van der Waals surface area (Å²) in [6, 6.07) is 0. The molecule has 0 atom stereocenters. The van der Waals surface area contributed by atoms with Crippen molar-refractivity contribution in [3.63, 3.8) is 0 Å². The van der Waals surface area contributed by atoms with Crippen molar-refractivity contribution in [3.8, 4) is 0 Å². The van der Waals surface area contributed by atoms with Crippen LogP contribution in [-0.2, 0) is 9.53 Å². The van der Waals surface area contributed by atoms with E-state index in [-0.39, 0.29) is 5.97 Å². The quantitative estimate of drug-likeness (QED) is 0.466. The fraction of sp³-hybridized carbons (Fsp3) is 0.571. The van der Waals surface area contributed by atoms with Crippen LogP contribution in [0, 0.1) is 0 Å². The van der Waals surface area contributed by atoms with E-state index in [1.165, 1.54) is 0 Å². The highest BCUT2D eigenvalue weighted by Crippen LogP contribution is 1.93. The van der Waals surface area contributed by atoms with Crippen LogP contribution in [0.2, 0.25) is 0 Å². The number of ether oxygens (including phenoxy) is 1. The van der Waals surface area contributed by atoms with Crippen LogP contribution in [0.4, 0.5) is 0 Å². The van der Waals surface area contributed by atoms with Crippen molar-refractivity contribution in [1.82, 2.24) is 5.32 Å². The molecule has 3 nitrogen and oxygen atoms in total.